The zero-order valence-electron chi connectivity index (χ0n) is 22.1. The fourth-order valence-electron chi connectivity index (χ4n) is 4.45. The van der Waals surface area contributed by atoms with E-state index in [0.717, 1.165) is 24.4 Å². The van der Waals surface area contributed by atoms with E-state index in [1.54, 1.807) is 13.0 Å². The van der Waals surface area contributed by atoms with Crippen LogP contribution < -0.4 is 10.6 Å². The van der Waals surface area contributed by atoms with Gasteiger partial charge in [-0.3, -0.25) is 4.79 Å². The highest BCUT2D eigenvalue weighted by molar-refractivity contribution is 5.93. The molecule has 4 N–H and O–H groups in total. The number of aryl methyl sites for hydroxylation is 1. The summed E-state index contributed by atoms with van der Waals surface area (Å²) in [7, 11) is 0. The Labute approximate surface area is 236 Å². The smallest absolute Gasteiger partial charge is 0.411 e. The summed E-state index contributed by atoms with van der Waals surface area (Å²) >= 11 is 0. The summed E-state index contributed by atoms with van der Waals surface area (Å²) in [5, 5.41) is 37.8. The Morgan fingerprint density at radius 1 is 1.12 bits per heavy atom. The number of rotatable bonds is 10. The maximum absolute atomic E-state index is 14.9. The van der Waals surface area contributed by atoms with Gasteiger partial charge in [-0.15, -0.1) is 0 Å². The lowest BCUT2D eigenvalue weighted by molar-refractivity contribution is -0.174. The molecule has 42 heavy (non-hydrogen) atoms. The molecule has 1 amide bonds. The number of hydrogen-bond acceptors (Lipinski definition) is 8. The van der Waals surface area contributed by atoms with Gasteiger partial charge in [0.25, 0.3) is 0 Å². The Morgan fingerprint density at radius 2 is 1.81 bits per heavy atom. The molecule has 2 aromatic carbocycles. The van der Waals surface area contributed by atoms with E-state index in [1.807, 2.05) is 0 Å². The van der Waals surface area contributed by atoms with Crippen LogP contribution in [0.15, 0.2) is 48.7 Å². The molecule has 224 valence electrons. The van der Waals surface area contributed by atoms with Crippen molar-refractivity contribution in [1.82, 2.24) is 10.0 Å². The van der Waals surface area contributed by atoms with Crippen molar-refractivity contribution in [3.05, 3.63) is 87.9 Å². The monoisotopic (exact) mass is 593 g/mol. The van der Waals surface area contributed by atoms with Crippen molar-refractivity contribution in [2.45, 2.75) is 25.2 Å². The number of pyridine rings is 1. The van der Waals surface area contributed by atoms with Crippen LogP contribution in [0.3, 0.4) is 0 Å². The van der Waals surface area contributed by atoms with Crippen LogP contribution in [0.5, 0.6) is 0 Å². The standard InChI is InChI=1S/C28H26F5N4O5/c1-15-5-6-16(35-24(40)13-42-14-28(31,32)33)9-19(15)20-10-23(34-17(11-38)12-39)36-26-18(20)7-8-37(41)27(26)25-21(29)3-2-4-22(25)30/h2-10,17,27,38-39H,11-14H2,1H3,(H,34,36)(H,35,40)/q-1. The number of aliphatic hydroxyl groups excluding tert-OH is 2. The molecule has 0 saturated carbocycles. The minimum absolute atomic E-state index is 0.0273. The van der Waals surface area contributed by atoms with Crippen LogP contribution in [0.25, 0.3) is 17.2 Å². The van der Waals surface area contributed by atoms with E-state index in [4.69, 9.17) is 0 Å². The molecular weight excluding hydrogens is 567 g/mol. The Hall–Kier alpha value is -4.11. The molecule has 0 spiro atoms. The molecule has 1 unspecified atom stereocenters. The number of ether oxygens (including phenoxy) is 1. The highest BCUT2D eigenvalue weighted by atomic mass is 19.4. The number of hydrogen-bond donors (Lipinski definition) is 4. The minimum Gasteiger partial charge on any atom is -0.758 e. The van der Waals surface area contributed by atoms with Crippen LogP contribution in [0, 0.1) is 23.8 Å². The van der Waals surface area contributed by atoms with Gasteiger partial charge in [-0.1, -0.05) is 12.1 Å². The number of nitrogens with zero attached hydrogens (tertiary/aromatic N) is 2. The SMILES string of the molecule is Cc1ccc(NC(=O)COCC(F)(F)F)cc1-c1cc(NC(CO)CO)nc2c1C=CN([O-])C2c1c(F)cccc1F. The molecule has 2 heterocycles. The van der Waals surface area contributed by atoms with Gasteiger partial charge in [0.1, 0.15) is 30.7 Å². The molecule has 0 saturated heterocycles. The van der Waals surface area contributed by atoms with Crippen LogP contribution in [0.2, 0.25) is 0 Å². The van der Waals surface area contributed by atoms with E-state index in [2.05, 4.69) is 20.4 Å². The number of benzene rings is 2. The Kier molecular flexibility index (Phi) is 9.41. The molecule has 3 aromatic rings. The van der Waals surface area contributed by atoms with Gasteiger partial charge in [0.15, 0.2) is 0 Å². The van der Waals surface area contributed by atoms with Crippen molar-refractivity contribution in [2.24, 2.45) is 0 Å². The highest BCUT2D eigenvalue weighted by Gasteiger charge is 2.31. The predicted molar refractivity (Wildman–Crippen MR) is 144 cm³/mol. The van der Waals surface area contributed by atoms with Crippen molar-refractivity contribution in [1.29, 1.82) is 0 Å². The third-order valence-electron chi connectivity index (χ3n) is 6.37. The second kappa shape index (κ2) is 12.8. The summed E-state index contributed by atoms with van der Waals surface area (Å²) in [5.74, 6) is -2.71. The van der Waals surface area contributed by atoms with Crippen LogP contribution in [0.4, 0.5) is 33.5 Å². The van der Waals surface area contributed by atoms with Crippen molar-refractivity contribution in [3.63, 3.8) is 0 Å². The van der Waals surface area contributed by atoms with E-state index in [1.165, 1.54) is 24.3 Å². The first-order chi connectivity index (χ1) is 19.9. The van der Waals surface area contributed by atoms with E-state index >= 15 is 0 Å². The van der Waals surface area contributed by atoms with Gasteiger partial charge < -0.3 is 35.9 Å². The number of fused-ring (bicyclic) bond motifs is 1. The average molecular weight is 594 g/mol. The van der Waals surface area contributed by atoms with Gasteiger partial charge in [-0.2, -0.15) is 13.2 Å². The topological polar surface area (TPSA) is 130 Å². The first-order valence-corrected chi connectivity index (χ1v) is 12.6. The molecule has 1 aromatic heterocycles. The number of anilines is 2. The molecule has 0 fully saturated rings. The quantitative estimate of drug-likeness (QED) is 0.253. The van der Waals surface area contributed by atoms with Crippen molar-refractivity contribution < 1.29 is 41.7 Å². The zero-order valence-corrected chi connectivity index (χ0v) is 22.1. The number of hydroxylamine groups is 2. The fourth-order valence-corrected chi connectivity index (χ4v) is 4.45. The summed E-state index contributed by atoms with van der Waals surface area (Å²) in [6.45, 7) is -1.67. The molecule has 4 rings (SSSR count). The molecule has 1 atom stereocenters. The number of aliphatic hydroxyl groups is 2. The van der Waals surface area contributed by atoms with Gasteiger partial charge in [0.2, 0.25) is 5.91 Å². The maximum Gasteiger partial charge on any atom is 0.411 e. The molecule has 14 heteroatoms. The van der Waals surface area contributed by atoms with Crippen LogP contribution >= 0.6 is 0 Å². The van der Waals surface area contributed by atoms with Gasteiger partial charge in [0, 0.05) is 11.3 Å². The van der Waals surface area contributed by atoms with E-state index in [0.29, 0.717) is 27.3 Å². The number of nitrogens with one attached hydrogen (secondary N) is 2. The van der Waals surface area contributed by atoms with Crippen LogP contribution in [0.1, 0.15) is 28.4 Å². The Morgan fingerprint density at radius 3 is 2.45 bits per heavy atom. The van der Waals surface area contributed by atoms with E-state index in [9.17, 15) is 42.2 Å². The van der Waals surface area contributed by atoms with Gasteiger partial charge in [-0.05, 0) is 66.2 Å². The third-order valence-corrected chi connectivity index (χ3v) is 6.37. The van der Waals surface area contributed by atoms with E-state index in [-0.39, 0.29) is 17.2 Å². The Bertz CT molecular complexity index is 1460. The minimum atomic E-state index is -4.59. The van der Waals surface area contributed by atoms with Crippen molar-refractivity contribution in [3.8, 4) is 11.1 Å². The lowest BCUT2D eigenvalue weighted by Gasteiger charge is -2.40. The second-order valence-electron chi connectivity index (χ2n) is 9.46. The fraction of sp³-hybridized carbons (Fsp3) is 0.286. The summed E-state index contributed by atoms with van der Waals surface area (Å²) in [6.07, 6.45) is -2.08. The molecule has 0 bridgehead atoms. The first-order valence-electron chi connectivity index (χ1n) is 12.6. The number of aromatic nitrogens is 1. The second-order valence-corrected chi connectivity index (χ2v) is 9.46. The molecule has 1 aliphatic heterocycles. The summed E-state index contributed by atoms with van der Waals surface area (Å²) in [6, 6.07) is 6.99. The van der Waals surface area contributed by atoms with Gasteiger partial charge in [0.05, 0.1) is 36.6 Å². The predicted octanol–water partition coefficient (Wildman–Crippen LogP) is 4.49. The maximum atomic E-state index is 14.9. The number of alkyl halides is 3. The van der Waals surface area contributed by atoms with Crippen LogP contribution in [-0.4, -0.2) is 64.8 Å². The van der Waals surface area contributed by atoms with Crippen molar-refractivity contribution >= 4 is 23.5 Å². The highest BCUT2D eigenvalue weighted by Crippen LogP contribution is 2.42. The molecular formula is C28H26F5N4O5-. The Balaban J connectivity index is 1.81. The lowest BCUT2D eigenvalue weighted by Crippen LogP contribution is -2.30. The third kappa shape index (κ3) is 7.02. The number of carbonyl (C=O) groups is 1. The summed E-state index contributed by atoms with van der Waals surface area (Å²) in [4.78, 5) is 16.7. The molecule has 0 aliphatic carbocycles. The van der Waals surface area contributed by atoms with E-state index < -0.39 is 67.8 Å². The number of amides is 1. The average Bonchev–Trinajstić information content (AvgIpc) is 2.92. The summed E-state index contributed by atoms with van der Waals surface area (Å²) < 4.78 is 71.2. The molecule has 0 radical (unpaired) electrons. The van der Waals surface area contributed by atoms with Gasteiger partial charge >= 0.3 is 6.18 Å². The number of halogens is 5. The van der Waals surface area contributed by atoms with Crippen molar-refractivity contribution in [2.75, 3.05) is 37.1 Å². The normalized spacial score (nSPS) is 14.7. The summed E-state index contributed by atoms with van der Waals surface area (Å²) in [5.41, 5.74) is 1.52. The van der Waals surface area contributed by atoms with Crippen LogP contribution in [-0.2, 0) is 9.53 Å². The molecule has 9 nitrogen and oxygen atoms in total. The zero-order chi connectivity index (χ0) is 30.6. The largest absolute Gasteiger partial charge is 0.758 e. The number of carbonyl (C=O) groups excluding carboxylic acids is 1. The molecule has 1 aliphatic rings. The lowest BCUT2D eigenvalue weighted by atomic mass is 9.89. The van der Waals surface area contributed by atoms with Gasteiger partial charge in [-0.25, -0.2) is 13.8 Å². The first kappa shape index (κ1) is 30.8.